The van der Waals surface area contributed by atoms with Gasteiger partial charge in [0.25, 0.3) is 0 Å². The first-order valence-electron chi connectivity index (χ1n) is 10.9. The summed E-state index contributed by atoms with van der Waals surface area (Å²) in [5.41, 5.74) is 0.478. The Morgan fingerprint density at radius 1 is 1.27 bits per heavy atom. The first-order chi connectivity index (χ1) is 15.5. The second-order valence-electron chi connectivity index (χ2n) is 8.30. The molecule has 0 aliphatic carbocycles. The van der Waals surface area contributed by atoms with E-state index in [4.69, 9.17) is 0 Å². The van der Waals surface area contributed by atoms with E-state index in [-0.39, 0.29) is 17.8 Å². The van der Waals surface area contributed by atoms with Crippen molar-refractivity contribution < 1.29 is 23.1 Å². The number of allylic oxidation sites excluding steroid dienone is 1. The Balaban J connectivity index is 2.34. The molecular formula is C23H32F3N5O2. The molecule has 2 rings (SSSR count). The van der Waals surface area contributed by atoms with Gasteiger partial charge in [0.05, 0.1) is 6.20 Å². The molecule has 1 heterocycles. The largest absolute Gasteiger partial charge is 0.434 e. The van der Waals surface area contributed by atoms with Gasteiger partial charge < -0.3 is 5.11 Å². The van der Waals surface area contributed by atoms with Gasteiger partial charge in [-0.15, -0.1) is 0 Å². The highest BCUT2D eigenvalue weighted by atomic mass is 19.4. The topological polar surface area (TPSA) is 80.5 Å². The van der Waals surface area contributed by atoms with Crippen molar-refractivity contribution in [2.75, 3.05) is 18.0 Å². The molecule has 0 bridgehead atoms. The number of rotatable bonds is 6. The van der Waals surface area contributed by atoms with E-state index in [2.05, 4.69) is 22.0 Å². The number of aliphatic hydroxyl groups is 1. The zero-order valence-corrected chi connectivity index (χ0v) is 19.4. The molecule has 10 heteroatoms. The Kier molecular flexibility index (Phi) is 9.18. The molecule has 1 aromatic carbocycles. The number of carbonyl (C=O) groups is 1. The van der Waals surface area contributed by atoms with Crippen molar-refractivity contribution in [1.29, 1.82) is 0 Å². The summed E-state index contributed by atoms with van der Waals surface area (Å²) in [6.45, 7) is 11.3. The maximum atomic E-state index is 13.3. The first kappa shape index (κ1) is 26.5. The number of halogens is 3. The normalized spacial score (nSPS) is 17.7. The minimum atomic E-state index is -4.68. The van der Waals surface area contributed by atoms with Crippen molar-refractivity contribution in [1.82, 2.24) is 10.2 Å². The van der Waals surface area contributed by atoms with E-state index in [1.807, 2.05) is 43.0 Å². The van der Waals surface area contributed by atoms with Crippen LogP contribution < -0.4 is 10.2 Å². The Morgan fingerprint density at radius 3 is 2.39 bits per heavy atom. The van der Waals surface area contributed by atoms with E-state index in [1.54, 1.807) is 11.8 Å². The lowest BCUT2D eigenvalue weighted by Crippen LogP contribution is -2.53. The number of urea groups is 1. The zero-order valence-electron chi connectivity index (χ0n) is 19.4. The molecule has 2 N–H and O–H groups in total. The fourth-order valence-corrected chi connectivity index (χ4v) is 3.79. The van der Waals surface area contributed by atoms with E-state index in [9.17, 15) is 23.1 Å². The highest BCUT2D eigenvalue weighted by Gasteiger charge is 2.34. The summed E-state index contributed by atoms with van der Waals surface area (Å²) in [6.07, 6.45) is -3.44. The third kappa shape index (κ3) is 7.13. The van der Waals surface area contributed by atoms with Crippen molar-refractivity contribution >= 4 is 24.3 Å². The molecule has 0 radical (unpaired) electrons. The van der Waals surface area contributed by atoms with Crippen LogP contribution in [0.1, 0.15) is 52.0 Å². The molecule has 0 spiro atoms. The molecule has 1 atom stereocenters. The average molecular weight is 468 g/mol. The Labute approximate surface area is 192 Å². The number of alkyl halides is 3. The minimum absolute atomic E-state index is 0.00107. The predicted octanol–water partition coefficient (Wildman–Crippen LogP) is 4.65. The Hall–Kier alpha value is -2.72. The molecule has 1 unspecified atom stereocenters. The minimum Gasteiger partial charge on any atom is -0.379 e. The maximum Gasteiger partial charge on any atom is 0.434 e. The number of hydrogen-bond acceptors (Lipinski definition) is 5. The third-order valence-electron chi connectivity index (χ3n) is 5.56. The number of amidine groups is 1. The summed E-state index contributed by atoms with van der Waals surface area (Å²) in [6, 6.07) is 6.95. The second-order valence-corrected chi connectivity index (χ2v) is 8.30. The number of benzene rings is 1. The van der Waals surface area contributed by atoms with Crippen molar-refractivity contribution in [3.8, 4) is 0 Å². The standard InChI is InChI=1S/C23H32F3N5O2/c1-15(2)19-8-6-7-9-20(19)31(18-10-12-30(13-11-18)17(4)32)22(33)29-16(3)28-14-21(27-5)23(24,25)26/h6-9,14-15,17-18,32H,5,10-13H2,1-4H3,(H,28,29,33)/b21-14-. The Morgan fingerprint density at radius 2 is 1.88 bits per heavy atom. The van der Waals surface area contributed by atoms with E-state index in [0.717, 1.165) is 11.3 Å². The van der Waals surface area contributed by atoms with Crippen LogP contribution in [-0.2, 0) is 0 Å². The first-order valence-corrected chi connectivity index (χ1v) is 10.9. The van der Waals surface area contributed by atoms with Crippen LogP contribution in [0.2, 0.25) is 0 Å². The van der Waals surface area contributed by atoms with Crippen molar-refractivity contribution in [3.63, 3.8) is 0 Å². The molecule has 1 fully saturated rings. The number of hydrogen-bond donors (Lipinski definition) is 2. The van der Waals surface area contributed by atoms with E-state index >= 15 is 0 Å². The molecule has 1 aliphatic rings. The van der Waals surface area contributed by atoms with Gasteiger partial charge in [-0.1, -0.05) is 32.0 Å². The quantitative estimate of drug-likeness (QED) is 0.472. The van der Waals surface area contributed by atoms with Gasteiger partial charge >= 0.3 is 12.2 Å². The number of para-hydroxylation sites is 1. The summed E-state index contributed by atoms with van der Waals surface area (Å²) in [5.74, 6) is 0.151. The molecule has 7 nitrogen and oxygen atoms in total. The third-order valence-corrected chi connectivity index (χ3v) is 5.56. The van der Waals surface area contributed by atoms with Crippen LogP contribution in [0.5, 0.6) is 0 Å². The second kappa shape index (κ2) is 11.4. The number of nitrogens with zero attached hydrogens (tertiary/aromatic N) is 4. The molecule has 1 aliphatic heterocycles. The summed E-state index contributed by atoms with van der Waals surface area (Å²) < 4.78 is 38.5. The van der Waals surface area contributed by atoms with E-state index < -0.39 is 24.1 Å². The van der Waals surface area contributed by atoms with Gasteiger partial charge in [0, 0.05) is 24.8 Å². The van der Waals surface area contributed by atoms with Gasteiger partial charge in [0.2, 0.25) is 0 Å². The van der Waals surface area contributed by atoms with Gasteiger partial charge in [-0.2, -0.15) is 13.2 Å². The molecule has 0 aromatic heterocycles. The number of likely N-dealkylation sites (tertiary alicyclic amines) is 1. The SMILES string of the molecule is C=N/C(=C\N=C(/C)NC(=O)N(c1ccccc1C(C)C)C1CCN(C(C)O)CC1)C(F)(F)F. The van der Waals surface area contributed by atoms with Crippen LogP contribution in [-0.4, -0.2) is 60.1 Å². The van der Waals surface area contributed by atoms with Gasteiger partial charge in [0.15, 0.2) is 5.70 Å². The van der Waals surface area contributed by atoms with Crippen molar-refractivity contribution in [2.24, 2.45) is 9.98 Å². The fraction of sp³-hybridized carbons (Fsp3) is 0.522. The van der Waals surface area contributed by atoms with Gasteiger partial charge in [-0.05, 0) is 51.0 Å². The lowest BCUT2D eigenvalue weighted by atomic mass is 9.97. The van der Waals surface area contributed by atoms with Crippen LogP contribution in [0.25, 0.3) is 0 Å². The lowest BCUT2D eigenvalue weighted by Gasteiger charge is -2.40. The number of amides is 2. The van der Waals surface area contributed by atoms with Crippen LogP contribution in [0.3, 0.4) is 0 Å². The van der Waals surface area contributed by atoms with E-state index in [0.29, 0.717) is 32.1 Å². The smallest absolute Gasteiger partial charge is 0.379 e. The van der Waals surface area contributed by atoms with Crippen LogP contribution in [0.15, 0.2) is 46.1 Å². The number of carbonyl (C=O) groups excluding carboxylic acids is 1. The summed E-state index contributed by atoms with van der Waals surface area (Å²) in [7, 11) is 0. The molecule has 1 aromatic rings. The molecule has 182 valence electrons. The Bertz CT molecular complexity index is 888. The maximum absolute atomic E-state index is 13.3. The van der Waals surface area contributed by atoms with Gasteiger partial charge in [0.1, 0.15) is 12.1 Å². The average Bonchev–Trinajstić information content (AvgIpc) is 2.74. The molecule has 2 amide bonds. The molecule has 33 heavy (non-hydrogen) atoms. The molecule has 1 saturated heterocycles. The summed E-state index contributed by atoms with van der Waals surface area (Å²) >= 11 is 0. The molecular weight excluding hydrogens is 435 g/mol. The number of piperidine rings is 1. The van der Waals surface area contributed by atoms with E-state index in [1.165, 1.54) is 6.92 Å². The number of nitrogens with one attached hydrogen (secondary N) is 1. The summed E-state index contributed by atoms with van der Waals surface area (Å²) in [5, 5.41) is 12.5. The van der Waals surface area contributed by atoms with Crippen LogP contribution in [0, 0.1) is 0 Å². The highest BCUT2D eigenvalue weighted by Crippen LogP contribution is 2.32. The number of anilines is 1. The summed E-state index contributed by atoms with van der Waals surface area (Å²) in [4.78, 5) is 23.6. The molecule has 0 saturated carbocycles. The fourth-order valence-electron chi connectivity index (χ4n) is 3.79. The van der Waals surface area contributed by atoms with Crippen molar-refractivity contribution in [2.45, 2.75) is 64.9 Å². The van der Waals surface area contributed by atoms with Gasteiger partial charge in [-0.25, -0.2) is 9.79 Å². The predicted molar refractivity (Wildman–Crippen MR) is 125 cm³/mol. The zero-order chi connectivity index (χ0) is 24.8. The van der Waals surface area contributed by atoms with Gasteiger partial charge in [-0.3, -0.25) is 20.1 Å². The number of aliphatic imine (C=N–C) groups is 2. The highest BCUT2D eigenvalue weighted by molar-refractivity contribution is 6.04. The monoisotopic (exact) mass is 467 g/mol. The number of aliphatic hydroxyl groups excluding tert-OH is 1. The van der Waals surface area contributed by atoms with Crippen LogP contribution in [0.4, 0.5) is 23.7 Å². The van der Waals surface area contributed by atoms with Crippen LogP contribution >= 0.6 is 0 Å². The lowest BCUT2D eigenvalue weighted by molar-refractivity contribution is -0.0923. The van der Waals surface area contributed by atoms with Crippen molar-refractivity contribution in [3.05, 3.63) is 41.7 Å².